The Morgan fingerprint density at radius 3 is 2.61 bits per heavy atom. The average molecular weight is 256 g/mol. The smallest absolute Gasteiger partial charge is 0.307 e. The van der Waals surface area contributed by atoms with Crippen LogP contribution in [0, 0.1) is 27.7 Å². The first-order chi connectivity index (χ1) is 8.47. The Morgan fingerprint density at radius 1 is 1.33 bits per heavy atom. The predicted molar refractivity (Wildman–Crippen MR) is 63.4 cm³/mol. The fraction of sp³-hybridized carbons (Fsp3) is 0.500. The van der Waals surface area contributed by atoms with Crippen LogP contribution >= 0.6 is 0 Å². The molecule has 1 aromatic rings. The first kappa shape index (κ1) is 12.7. The summed E-state index contributed by atoms with van der Waals surface area (Å²) in [6, 6.07) is 1.58. The minimum atomic E-state index is -1.15. The van der Waals surface area contributed by atoms with Crippen molar-refractivity contribution in [2.45, 2.75) is 32.2 Å². The zero-order valence-electron chi connectivity index (χ0n) is 9.95. The lowest BCUT2D eigenvalue weighted by molar-refractivity contribution is -0.387. The van der Waals surface area contributed by atoms with Crippen LogP contribution < -0.4 is 5.32 Å². The van der Waals surface area contributed by atoms with E-state index < -0.39 is 22.2 Å². The van der Waals surface area contributed by atoms with Gasteiger partial charge in [0.1, 0.15) is 5.82 Å². The van der Waals surface area contributed by atoms with E-state index in [2.05, 4.69) is 12.2 Å². The molecular weight excluding hydrogens is 242 g/mol. The first-order valence-corrected chi connectivity index (χ1v) is 5.87. The molecule has 0 radical (unpaired) electrons. The van der Waals surface area contributed by atoms with Gasteiger partial charge in [0.15, 0.2) is 0 Å². The zero-order valence-corrected chi connectivity index (χ0v) is 9.95. The Balaban J connectivity index is 2.22. The quantitative estimate of drug-likeness (QED) is 0.665. The standard InChI is InChI=1S/C12H14F2N2O2/c1-7-2-3-8(4-7)15-11-6-12(16(17)18)10(14)5-9(11)13/h5-8,15H,2-4H2,1H3. The van der Waals surface area contributed by atoms with Gasteiger partial charge in [-0.3, -0.25) is 10.1 Å². The van der Waals surface area contributed by atoms with Crippen LogP contribution in [0.3, 0.4) is 0 Å². The lowest BCUT2D eigenvalue weighted by Crippen LogP contribution is -2.16. The first-order valence-electron chi connectivity index (χ1n) is 5.87. The summed E-state index contributed by atoms with van der Waals surface area (Å²) in [5, 5.41) is 13.5. The van der Waals surface area contributed by atoms with Gasteiger partial charge in [0.05, 0.1) is 10.6 Å². The molecule has 6 heteroatoms. The molecule has 4 nitrogen and oxygen atoms in total. The highest BCUT2D eigenvalue weighted by molar-refractivity contribution is 5.53. The highest BCUT2D eigenvalue weighted by Crippen LogP contribution is 2.30. The molecule has 1 aromatic carbocycles. The molecule has 98 valence electrons. The molecule has 0 heterocycles. The molecule has 18 heavy (non-hydrogen) atoms. The van der Waals surface area contributed by atoms with E-state index >= 15 is 0 Å². The van der Waals surface area contributed by atoms with Crippen LogP contribution in [0.25, 0.3) is 0 Å². The highest BCUT2D eigenvalue weighted by atomic mass is 19.1. The van der Waals surface area contributed by atoms with E-state index in [1.807, 2.05) is 0 Å². The minimum Gasteiger partial charge on any atom is -0.380 e. The number of benzene rings is 1. The van der Waals surface area contributed by atoms with Crippen molar-refractivity contribution in [1.82, 2.24) is 0 Å². The van der Waals surface area contributed by atoms with Gasteiger partial charge in [-0.1, -0.05) is 6.92 Å². The number of nitro groups is 1. The number of hydrogen-bond acceptors (Lipinski definition) is 3. The van der Waals surface area contributed by atoms with Crippen molar-refractivity contribution in [3.63, 3.8) is 0 Å². The van der Waals surface area contributed by atoms with Crippen LogP contribution in [0.5, 0.6) is 0 Å². The number of nitrogens with one attached hydrogen (secondary N) is 1. The summed E-state index contributed by atoms with van der Waals surface area (Å²) in [4.78, 5) is 9.74. The Morgan fingerprint density at radius 2 is 2.06 bits per heavy atom. The number of rotatable bonds is 3. The maximum absolute atomic E-state index is 13.5. The van der Waals surface area contributed by atoms with Gasteiger partial charge in [-0.25, -0.2) is 4.39 Å². The second-order valence-electron chi connectivity index (χ2n) is 4.80. The number of nitrogens with zero attached hydrogens (tertiary/aromatic N) is 1. The van der Waals surface area contributed by atoms with Crippen molar-refractivity contribution < 1.29 is 13.7 Å². The fourth-order valence-corrected chi connectivity index (χ4v) is 2.35. The third-order valence-electron chi connectivity index (χ3n) is 3.29. The second-order valence-corrected chi connectivity index (χ2v) is 4.80. The van der Waals surface area contributed by atoms with E-state index in [1.165, 1.54) is 0 Å². The zero-order chi connectivity index (χ0) is 13.3. The molecule has 1 aliphatic carbocycles. The predicted octanol–water partition coefficient (Wildman–Crippen LogP) is 3.47. The fourth-order valence-electron chi connectivity index (χ4n) is 2.35. The molecule has 2 rings (SSSR count). The van der Waals surface area contributed by atoms with Crippen molar-refractivity contribution in [2.24, 2.45) is 5.92 Å². The highest BCUT2D eigenvalue weighted by Gasteiger charge is 2.24. The van der Waals surface area contributed by atoms with Crippen molar-refractivity contribution in [2.75, 3.05) is 5.32 Å². The monoisotopic (exact) mass is 256 g/mol. The number of nitro benzene ring substituents is 1. The van der Waals surface area contributed by atoms with Gasteiger partial charge < -0.3 is 5.32 Å². The van der Waals surface area contributed by atoms with Crippen molar-refractivity contribution in [1.29, 1.82) is 0 Å². The van der Waals surface area contributed by atoms with E-state index in [-0.39, 0.29) is 11.7 Å². The van der Waals surface area contributed by atoms with Crippen molar-refractivity contribution in [3.05, 3.63) is 33.9 Å². The number of hydrogen-bond donors (Lipinski definition) is 1. The van der Waals surface area contributed by atoms with E-state index in [0.29, 0.717) is 12.0 Å². The maximum Gasteiger partial charge on any atom is 0.307 e. The van der Waals surface area contributed by atoms with Crippen molar-refractivity contribution in [3.8, 4) is 0 Å². The minimum absolute atomic E-state index is 0.00204. The molecule has 0 bridgehead atoms. The normalized spacial score (nSPS) is 23.1. The van der Waals surface area contributed by atoms with Crippen molar-refractivity contribution >= 4 is 11.4 Å². The Hall–Kier alpha value is -1.72. The molecule has 1 saturated carbocycles. The van der Waals surface area contributed by atoms with E-state index in [1.54, 1.807) is 0 Å². The summed E-state index contributed by atoms with van der Waals surface area (Å²) in [6.07, 6.45) is 2.83. The molecular formula is C12H14F2N2O2. The van der Waals surface area contributed by atoms with Gasteiger partial charge in [0.2, 0.25) is 5.82 Å². The largest absolute Gasteiger partial charge is 0.380 e. The SMILES string of the molecule is CC1CCC(Nc2cc([N+](=O)[O-])c(F)cc2F)C1. The lowest BCUT2D eigenvalue weighted by atomic mass is 10.1. The van der Waals surface area contributed by atoms with Crippen LogP contribution in [0.15, 0.2) is 12.1 Å². The Bertz CT molecular complexity index is 479. The maximum atomic E-state index is 13.5. The summed E-state index contributed by atoms with van der Waals surface area (Å²) in [7, 11) is 0. The van der Waals surface area contributed by atoms with Crippen LogP contribution in [-0.4, -0.2) is 11.0 Å². The summed E-state index contributed by atoms with van der Waals surface area (Å²) in [5.41, 5.74) is -0.702. The topological polar surface area (TPSA) is 55.2 Å². The molecule has 0 spiro atoms. The van der Waals surface area contributed by atoms with Crippen LogP contribution in [0.1, 0.15) is 26.2 Å². The molecule has 1 N–H and O–H groups in total. The molecule has 0 amide bonds. The molecule has 0 saturated heterocycles. The summed E-state index contributed by atoms with van der Waals surface area (Å²) >= 11 is 0. The van der Waals surface area contributed by atoms with Gasteiger partial charge in [-0.2, -0.15) is 4.39 Å². The molecule has 2 unspecified atom stereocenters. The van der Waals surface area contributed by atoms with E-state index in [0.717, 1.165) is 25.3 Å². The summed E-state index contributed by atoms with van der Waals surface area (Å²) in [5.74, 6) is -1.39. The third-order valence-corrected chi connectivity index (χ3v) is 3.29. The Kier molecular flexibility index (Phi) is 3.45. The Labute approximate surface area is 103 Å². The lowest BCUT2D eigenvalue weighted by Gasteiger charge is -2.14. The van der Waals surface area contributed by atoms with Gasteiger partial charge in [-0.05, 0) is 25.2 Å². The molecule has 0 aliphatic heterocycles. The van der Waals surface area contributed by atoms with Crippen LogP contribution in [-0.2, 0) is 0 Å². The van der Waals surface area contributed by atoms with Gasteiger partial charge in [-0.15, -0.1) is 0 Å². The number of halogens is 2. The summed E-state index contributed by atoms with van der Waals surface area (Å²) in [6.45, 7) is 2.10. The van der Waals surface area contributed by atoms with Crippen LogP contribution in [0.4, 0.5) is 20.2 Å². The van der Waals surface area contributed by atoms with E-state index in [4.69, 9.17) is 0 Å². The second kappa shape index (κ2) is 4.88. The molecule has 1 aliphatic rings. The molecule has 1 fully saturated rings. The molecule has 0 aromatic heterocycles. The van der Waals surface area contributed by atoms with E-state index in [9.17, 15) is 18.9 Å². The average Bonchev–Trinajstić information content (AvgIpc) is 2.67. The number of anilines is 1. The van der Waals surface area contributed by atoms with Gasteiger partial charge in [0, 0.05) is 18.2 Å². The van der Waals surface area contributed by atoms with Crippen LogP contribution in [0.2, 0.25) is 0 Å². The third kappa shape index (κ3) is 2.57. The van der Waals surface area contributed by atoms with Gasteiger partial charge in [0.25, 0.3) is 0 Å². The van der Waals surface area contributed by atoms with Gasteiger partial charge >= 0.3 is 5.69 Å². The summed E-state index contributed by atoms with van der Waals surface area (Å²) < 4.78 is 26.7. The molecule has 2 atom stereocenters.